The van der Waals surface area contributed by atoms with Crippen LogP contribution in [0, 0.1) is 0 Å². The fourth-order valence-electron chi connectivity index (χ4n) is 3.58. The predicted molar refractivity (Wildman–Crippen MR) is 139 cm³/mol. The summed E-state index contributed by atoms with van der Waals surface area (Å²) in [6.45, 7) is 10.7. The number of rotatable bonds is 13. The zero-order valence-electron chi connectivity index (χ0n) is 21.4. The highest BCUT2D eigenvalue weighted by molar-refractivity contribution is 7.87. The van der Waals surface area contributed by atoms with Crippen molar-refractivity contribution in [3.8, 4) is 5.75 Å². The second-order valence-corrected chi connectivity index (χ2v) is 10.3. The van der Waals surface area contributed by atoms with E-state index in [1.165, 1.54) is 5.56 Å². The minimum absolute atomic E-state index is 0.0957. The highest BCUT2D eigenvalue weighted by Crippen LogP contribution is 2.29. The Labute approximate surface area is 205 Å². The highest BCUT2D eigenvalue weighted by Gasteiger charge is 2.21. The van der Waals surface area contributed by atoms with Crippen LogP contribution < -0.4 is 9.08 Å². The van der Waals surface area contributed by atoms with E-state index in [2.05, 4.69) is 11.8 Å². The van der Waals surface area contributed by atoms with Crippen molar-refractivity contribution in [3.63, 3.8) is 0 Å². The summed E-state index contributed by atoms with van der Waals surface area (Å²) < 4.78 is 30.2. The van der Waals surface area contributed by atoms with E-state index in [-0.39, 0.29) is 24.0 Å². The number of anilines is 1. The maximum atomic E-state index is 13.4. The largest absolute Gasteiger partial charge is 0.382 e. The molecule has 0 fully saturated rings. The van der Waals surface area contributed by atoms with Crippen molar-refractivity contribution in [2.75, 3.05) is 50.9 Å². The molecule has 0 saturated heterocycles. The Morgan fingerprint density at radius 3 is 2.09 bits per heavy atom. The summed E-state index contributed by atoms with van der Waals surface area (Å²) in [6, 6.07) is 13.2. The summed E-state index contributed by atoms with van der Waals surface area (Å²) in [6.07, 6.45) is 0.907. The molecule has 7 nitrogen and oxygen atoms in total. The van der Waals surface area contributed by atoms with Gasteiger partial charge < -0.3 is 18.9 Å². The molecule has 0 aromatic heterocycles. The van der Waals surface area contributed by atoms with Crippen molar-refractivity contribution in [2.24, 2.45) is 0 Å². The van der Waals surface area contributed by atoms with Crippen LogP contribution in [0.2, 0.25) is 0 Å². The van der Waals surface area contributed by atoms with E-state index in [0.717, 1.165) is 25.2 Å². The van der Waals surface area contributed by atoms with E-state index in [1.807, 2.05) is 69.2 Å². The zero-order valence-corrected chi connectivity index (χ0v) is 22.2. The van der Waals surface area contributed by atoms with Gasteiger partial charge in [-0.1, -0.05) is 25.1 Å². The quantitative estimate of drug-likeness (QED) is 0.396. The maximum Gasteiger partial charge on any atom is 0.308 e. The van der Waals surface area contributed by atoms with Gasteiger partial charge >= 0.3 is 10.1 Å². The second-order valence-electron chi connectivity index (χ2n) is 8.47. The molecule has 0 aliphatic heterocycles. The third-order valence-corrected chi connectivity index (χ3v) is 6.96. The van der Waals surface area contributed by atoms with Crippen LogP contribution in [0.25, 0.3) is 0 Å². The van der Waals surface area contributed by atoms with E-state index in [1.54, 1.807) is 17.9 Å². The zero-order chi connectivity index (χ0) is 25.3. The van der Waals surface area contributed by atoms with Crippen LogP contribution in [0.5, 0.6) is 5.75 Å². The molecule has 0 heterocycles. The maximum absolute atomic E-state index is 13.4. The third-order valence-electron chi connectivity index (χ3n) is 5.82. The lowest BCUT2D eigenvalue weighted by Gasteiger charge is -2.27. The number of hydrogen-bond donors (Lipinski definition) is 0. The van der Waals surface area contributed by atoms with Crippen molar-refractivity contribution in [3.05, 3.63) is 59.2 Å². The first-order valence-corrected chi connectivity index (χ1v) is 13.5. The lowest BCUT2D eigenvalue weighted by atomic mass is 10.1. The molecule has 0 bridgehead atoms. The van der Waals surface area contributed by atoms with E-state index in [4.69, 9.17) is 4.18 Å². The van der Waals surface area contributed by atoms with E-state index < -0.39 is 10.1 Å². The number of likely N-dealkylation sites (N-methyl/N-ethyl adjacent to an activating group) is 1. The van der Waals surface area contributed by atoms with E-state index >= 15 is 0 Å². The van der Waals surface area contributed by atoms with Gasteiger partial charge in [0, 0.05) is 55.6 Å². The summed E-state index contributed by atoms with van der Waals surface area (Å²) in [5.74, 6) is 0.0477. The molecular formula is C26H39N3O4S. The van der Waals surface area contributed by atoms with Gasteiger partial charge in [-0.25, -0.2) is 0 Å². The molecule has 0 aliphatic rings. The van der Waals surface area contributed by atoms with Gasteiger partial charge in [0.15, 0.2) is 0 Å². The molecule has 34 heavy (non-hydrogen) atoms. The van der Waals surface area contributed by atoms with Gasteiger partial charge in [0.25, 0.3) is 5.91 Å². The Morgan fingerprint density at radius 2 is 1.56 bits per heavy atom. The van der Waals surface area contributed by atoms with Crippen LogP contribution >= 0.6 is 0 Å². The normalized spacial score (nSPS) is 11.5. The van der Waals surface area contributed by atoms with Gasteiger partial charge in [-0.3, -0.25) is 4.79 Å². The average Bonchev–Trinajstić information content (AvgIpc) is 2.83. The number of hydrogen-bond acceptors (Lipinski definition) is 6. The van der Waals surface area contributed by atoms with E-state index in [0.29, 0.717) is 24.2 Å². The Bertz CT molecular complexity index is 1030. The lowest BCUT2D eigenvalue weighted by Crippen LogP contribution is -2.36. The molecule has 2 aromatic carbocycles. The van der Waals surface area contributed by atoms with Crippen molar-refractivity contribution >= 4 is 21.7 Å². The molecular weight excluding hydrogens is 450 g/mol. The van der Waals surface area contributed by atoms with E-state index in [9.17, 15) is 13.2 Å². The number of carbonyl (C=O) groups is 1. The number of carbonyl (C=O) groups excluding carboxylic acids is 1. The van der Waals surface area contributed by atoms with Crippen molar-refractivity contribution < 1.29 is 17.4 Å². The average molecular weight is 490 g/mol. The van der Waals surface area contributed by atoms with Gasteiger partial charge in [0.05, 0.1) is 5.75 Å². The molecule has 0 aliphatic carbocycles. The fraction of sp³-hybridized carbons (Fsp3) is 0.500. The Hall–Kier alpha value is -2.58. The Morgan fingerprint density at radius 1 is 0.912 bits per heavy atom. The molecule has 0 radical (unpaired) electrons. The number of benzene rings is 2. The van der Waals surface area contributed by atoms with Gasteiger partial charge in [0.1, 0.15) is 5.75 Å². The van der Waals surface area contributed by atoms with Gasteiger partial charge in [-0.05, 0) is 65.0 Å². The lowest BCUT2D eigenvalue weighted by molar-refractivity contribution is 0.0731. The summed E-state index contributed by atoms with van der Waals surface area (Å²) in [5.41, 5.74) is 3.32. The Balaban J connectivity index is 2.44. The minimum atomic E-state index is -3.72. The summed E-state index contributed by atoms with van der Waals surface area (Å²) >= 11 is 0. The van der Waals surface area contributed by atoms with Crippen LogP contribution in [0.3, 0.4) is 0 Å². The van der Waals surface area contributed by atoms with Crippen molar-refractivity contribution in [1.29, 1.82) is 0 Å². The molecule has 0 unspecified atom stereocenters. The first-order chi connectivity index (χ1) is 16.1. The van der Waals surface area contributed by atoms with Crippen LogP contribution in [0.1, 0.15) is 49.2 Å². The molecule has 0 spiro atoms. The molecule has 1 amide bonds. The third kappa shape index (κ3) is 7.74. The molecule has 0 atom stereocenters. The predicted octanol–water partition coefficient (Wildman–Crippen LogP) is 4.03. The van der Waals surface area contributed by atoms with Crippen LogP contribution in [0.15, 0.2) is 42.5 Å². The van der Waals surface area contributed by atoms with Gasteiger partial charge in [-0.15, -0.1) is 0 Å². The molecule has 0 saturated carbocycles. The Kier molecular flexibility index (Phi) is 10.4. The van der Waals surface area contributed by atoms with Crippen molar-refractivity contribution in [2.45, 2.75) is 40.7 Å². The second kappa shape index (κ2) is 12.8. The summed E-state index contributed by atoms with van der Waals surface area (Å²) in [7, 11) is 0.194. The molecule has 0 N–H and O–H groups in total. The monoisotopic (exact) mass is 489 g/mol. The van der Waals surface area contributed by atoms with Crippen LogP contribution in [-0.2, 0) is 23.1 Å². The number of nitrogens with zero attached hydrogens (tertiary/aromatic N) is 3. The van der Waals surface area contributed by atoms with Crippen LogP contribution in [-0.4, -0.2) is 70.2 Å². The van der Waals surface area contributed by atoms with Gasteiger partial charge in [0.2, 0.25) is 0 Å². The molecule has 188 valence electrons. The van der Waals surface area contributed by atoms with Gasteiger partial charge in [-0.2, -0.15) is 8.42 Å². The first-order valence-electron chi connectivity index (χ1n) is 12.0. The first kappa shape index (κ1) is 27.7. The topological polar surface area (TPSA) is 70.2 Å². The molecule has 8 heteroatoms. The van der Waals surface area contributed by atoms with Crippen LogP contribution in [0.4, 0.5) is 5.69 Å². The SMILES string of the molecule is CCc1ccc(C(=O)N(CCN(C)C)Cc2ccc(N(CC)CC)cc2OS(=O)(=O)CC)cc1. The standard InChI is InChI=1S/C26H39N3O4S/c1-7-21-11-13-22(14-12-21)26(30)29(18-17-27(5)6)20-23-15-16-24(28(8-2)9-3)19-25(23)33-34(31,32)10-4/h11-16,19H,7-10,17-18,20H2,1-6H3. The fourth-order valence-corrected chi connectivity index (χ4v) is 4.12. The smallest absolute Gasteiger partial charge is 0.308 e. The summed E-state index contributed by atoms with van der Waals surface area (Å²) in [4.78, 5) is 19.3. The molecule has 2 aromatic rings. The van der Waals surface area contributed by atoms with Crippen molar-refractivity contribution in [1.82, 2.24) is 9.80 Å². The highest BCUT2D eigenvalue weighted by atomic mass is 32.2. The number of aryl methyl sites for hydroxylation is 1. The number of amides is 1. The summed E-state index contributed by atoms with van der Waals surface area (Å²) in [5, 5.41) is 0. The molecule has 2 rings (SSSR count). The minimum Gasteiger partial charge on any atom is -0.382 e.